The third-order valence-electron chi connectivity index (χ3n) is 5.43. The zero-order valence-electron chi connectivity index (χ0n) is 16.2. The number of hydrogen-bond donors (Lipinski definition) is 2. The molecule has 6 rings (SSSR count). The van der Waals surface area contributed by atoms with Crippen LogP contribution in [0.1, 0.15) is 33.8 Å². The second-order valence-electron chi connectivity index (χ2n) is 7.23. The zero-order chi connectivity index (χ0) is 20.8. The first-order valence-corrected chi connectivity index (χ1v) is 9.80. The van der Waals surface area contributed by atoms with Gasteiger partial charge in [0.15, 0.2) is 0 Å². The van der Waals surface area contributed by atoms with Crippen molar-refractivity contribution in [3.63, 3.8) is 0 Å². The van der Waals surface area contributed by atoms with Crippen LogP contribution in [0, 0.1) is 0 Å². The zero-order valence-corrected chi connectivity index (χ0v) is 16.2. The number of aromatic nitrogens is 7. The fraction of sp³-hybridized carbons (Fsp3) is 0.143. The van der Waals surface area contributed by atoms with Gasteiger partial charge in [-0.15, -0.1) is 10.2 Å². The number of amides is 1. The molecule has 4 aromatic heterocycles. The Kier molecular flexibility index (Phi) is 3.88. The highest BCUT2D eigenvalue weighted by Gasteiger charge is 2.37. The van der Waals surface area contributed by atoms with Crippen molar-refractivity contribution < 1.29 is 9.21 Å². The van der Waals surface area contributed by atoms with E-state index in [-0.39, 0.29) is 17.7 Å². The van der Waals surface area contributed by atoms with Crippen molar-refractivity contribution >= 4 is 16.8 Å². The number of pyridine rings is 1. The molecule has 1 amide bonds. The first-order chi connectivity index (χ1) is 15.3. The average molecular weight is 412 g/mol. The van der Waals surface area contributed by atoms with E-state index in [0.29, 0.717) is 18.7 Å². The summed E-state index contributed by atoms with van der Waals surface area (Å²) in [5.41, 5.74) is 3.90. The van der Waals surface area contributed by atoms with E-state index in [9.17, 15) is 4.79 Å². The lowest BCUT2D eigenvalue weighted by Gasteiger charge is -2.33. The van der Waals surface area contributed by atoms with Crippen LogP contribution in [0.4, 0.5) is 0 Å². The number of aromatic amines is 2. The van der Waals surface area contributed by atoms with Crippen molar-refractivity contribution in [2.24, 2.45) is 0 Å². The molecule has 0 aliphatic carbocycles. The van der Waals surface area contributed by atoms with Gasteiger partial charge in [0.2, 0.25) is 0 Å². The fourth-order valence-corrected chi connectivity index (χ4v) is 3.95. The summed E-state index contributed by atoms with van der Waals surface area (Å²) in [5, 5.41) is 15.6. The van der Waals surface area contributed by atoms with Crippen LogP contribution in [0.3, 0.4) is 0 Å². The minimum absolute atomic E-state index is 0.0885. The molecule has 1 aromatic carbocycles. The highest BCUT2D eigenvalue weighted by atomic mass is 16.4. The van der Waals surface area contributed by atoms with Crippen LogP contribution in [0.25, 0.3) is 22.5 Å². The monoisotopic (exact) mass is 412 g/mol. The Balaban J connectivity index is 1.42. The minimum Gasteiger partial charge on any atom is -0.411 e. The van der Waals surface area contributed by atoms with Crippen LogP contribution in [0.15, 0.2) is 59.4 Å². The van der Waals surface area contributed by atoms with Gasteiger partial charge in [0.05, 0.1) is 23.2 Å². The Labute approximate surface area is 175 Å². The quantitative estimate of drug-likeness (QED) is 0.466. The van der Waals surface area contributed by atoms with Crippen LogP contribution < -0.4 is 0 Å². The van der Waals surface area contributed by atoms with Gasteiger partial charge in [-0.2, -0.15) is 5.10 Å². The number of benzene rings is 1. The summed E-state index contributed by atoms with van der Waals surface area (Å²) in [6.45, 7) is 0.467. The van der Waals surface area contributed by atoms with E-state index in [1.54, 1.807) is 23.5 Å². The maximum absolute atomic E-state index is 13.4. The molecule has 5 aromatic rings. The first kappa shape index (κ1) is 17.5. The van der Waals surface area contributed by atoms with Gasteiger partial charge in [0.25, 0.3) is 5.89 Å². The third-order valence-corrected chi connectivity index (χ3v) is 5.43. The summed E-state index contributed by atoms with van der Waals surface area (Å²) in [4.78, 5) is 27.6. The van der Waals surface area contributed by atoms with Crippen molar-refractivity contribution in [1.82, 2.24) is 40.2 Å². The Morgan fingerprint density at radius 1 is 1.13 bits per heavy atom. The molecule has 10 heteroatoms. The molecule has 5 heterocycles. The molecule has 1 aliphatic heterocycles. The molecule has 0 spiro atoms. The molecule has 10 nitrogen and oxygen atoms in total. The fourth-order valence-electron chi connectivity index (χ4n) is 3.95. The van der Waals surface area contributed by atoms with Crippen LogP contribution >= 0.6 is 0 Å². The minimum atomic E-state index is -0.463. The third kappa shape index (κ3) is 2.88. The number of carbonyl (C=O) groups is 1. The van der Waals surface area contributed by atoms with Gasteiger partial charge < -0.3 is 14.3 Å². The van der Waals surface area contributed by atoms with Crippen LogP contribution in [0.5, 0.6) is 0 Å². The SMILES string of the molecule is O=C(c1nnc(-c2ccn[nH]2)o1)N1CCc2[nH]cnc2[C@@H]1c1ccc2ccccc2n1. The van der Waals surface area contributed by atoms with Crippen molar-refractivity contribution in [2.45, 2.75) is 12.5 Å². The van der Waals surface area contributed by atoms with Gasteiger partial charge in [-0.05, 0) is 18.2 Å². The smallest absolute Gasteiger partial charge is 0.312 e. The van der Waals surface area contributed by atoms with Crippen molar-refractivity contribution in [1.29, 1.82) is 0 Å². The predicted octanol–water partition coefficient (Wildman–Crippen LogP) is 2.52. The van der Waals surface area contributed by atoms with Crippen LogP contribution in [0.2, 0.25) is 0 Å². The van der Waals surface area contributed by atoms with E-state index in [0.717, 1.165) is 28.0 Å². The van der Waals surface area contributed by atoms with Gasteiger partial charge in [0, 0.05) is 30.2 Å². The Hall–Kier alpha value is -4.34. The summed E-state index contributed by atoms with van der Waals surface area (Å²) < 4.78 is 5.63. The number of fused-ring (bicyclic) bond motifs is 2. The first-order valence-electron chi connectivity index (χ1n) is 9.80. The van der Waals surface area contributed by atoms with Gasteiger partial charge in [0.1, 0.15) is 11.7 Å². The number of hydrogen-bond acceptors (Lipinski definition) is 7. The second kappa shape index (κ2) is 6.87. The normalized spacial score (nSPS) is 15.9. The molecule has 0 unspecified atom stereocenters. The molecule has 0 bridgehead atoms. The number of H-pyrrole nitrogens is 2. The number of nitrogens with one attached hydrogen (secondary N) is 2. The molecule has 0 fully saturated rings. The van der Waals surface area contributed by atoms with E-state index in [4.69, 9.17) is 9.40 Å². The van der Waals surface area contributed by atoms with E-state index in [1.807, 2.05) is 36.4 Å². The lowest BCUT2D eigenvalue weighted by molar-refractivity contribution is 0.0647. The molecule has 0 radical (unpaired) electrons. The highest BCUT2D eigenvalue weighted by molar-refractivity contribution is 5.90. The highest BCUT2D eigenvalue weighted by Crippen LogP contribution is 2.34. The van der Waals surface area contributed by atoms with E-state index in [1.165, 1.54) is 0 Å². The largest absolute Gasteiger partial charge is 0.411 e. The van der Waals surface area contributed by atoms with Gasteiger partial charge in [-0.3, -0.25) is 14.9 Å². The molecule has 0 saturated carbocycles. The summed E-state index contributed by atoms with van der Waals surface area (Å²) in [6.07, 6.45) is 3.87. The Morgan fingerprint density at radius 2 is 2.06 bits per heavy atom. The number of carbonyl (C=O) groups excluding carboxylic acids is 1. The van der Waals surface area contributed by atoms with E-state index in [2.05, 4.69) is 30.4 Å². The lowest BCUT2D eigenvalue weighted by atomic mass is 9.98. The molecule has 1 aliphatic rings. The summed E-state index contributed by atoms with van der Waals surface area (Å²) in [5.74, 6) is -0.250. The van der Waals surface area contributed by atoms with Crippen molar-refractivity contribution in [2.75, 3.05) is 6.54 Å². The number of para-hydroxylation sites is 1. The Bertz CT molecular complexity index is 1390. The number of imidazole rings is 1. The molecule has 31 heavy (non-hydrogen) atoms. The van der Waals surface area contributed by atoms with Crippen LogP contribution in [-0.4, -0.2) is 52.7 Å². The lowest BCUT2D eigenvalue weighted by Crippen LogP contribution is -2.41. The molecule has 1 atom stereocenters. The van der Waals surface area contributed by atoms with Crippen molar-refractivity contribution in [3.8, 4) is 11.6 Å². The van der Waals surface area contributed by atoms with E-state index < -0.39 is 6.04 Å². The molecule has 0 saturated heterocycles. The standard InChI is InChI=1S/C21H16N8O2/c30-21(20-28-27-19(31-20)16-7-9-24-26-16)29-10-8-14-17(23-11-22-14)18(29)15-6-5-12-3-1-2-4-13(12)25-15/h1-7,9,11,18H,8,10H2,(H,22,23)(H,24,26)/t18-/m0/s1. The van der Waals surface area contributed by atoms with Gasteiger partial charge >= 0.3 is 11.8 Å². The summed E-state index contributed by atoms with van der Waals surface area (Å²) >= 11 is 0. The van der Waals surface area contributed by atoms with E-state index >= 15 is 0 Å². The Morgan fingerprint density at radius 3 is 2.97 bits per heavy atom. The van der Waals surface area contributed by atoms with Gasteiger partial charge in [-0.1, -0.05) is 24.3 Å². The second-order valence-corrected chi connectivity index (χ2v) is 7.23. The molecular formula is C21H16N8O2. The molecule has 2 N–H and O–H groups in total. The summed E-state index contributed by atoms with van der Waals surface area (Å²) in [7, 11) is 0. The molecule has 152 valence electrons. The molecular weight excluding hydrogens is 396 g/mol. The predicted molar refractivity (Wildman–Crippen MR) is 109 cm³/mol. The maximum Gasteiger partial charge on any atom is 0.312 e. The average Bonchev–Trinajstić information content (AvgIpc) is 3.58. The maximum atomic E-state index is 13.4. The summed E-state index contributed by atoms with van der Waals surface area (Å²) in [6, 6.07) is 13.0. The van der Waals surface area contributed by atoms with Gasteiger partial charge in [-0.25, -0.2) is 4.98 Å². The number of nitrogens with zero attached hydrogens (tertiary/aromatic N) is 6. The van der Waals surface area contributed by atoms with Crippen LogP contribution in [-0.2, 0) is 6.42 Å². The van der Waals surface area contributed by atoms with Crippen molar-refractivity contribution in [3.05, 3.63) is 78.0 Å². The number of rotatable bonds is 3. The topological polar surface area (TPSA) is 129 Å².